The molecule has 2 N–H and O–H groups in total. The number of methoxy groups -OCH3 is 1. The second kappa shape index (κ2) is 10.3. The minimum Gasteiger partial charge on any atom is -0.497 e. The molecule has 1 saturated carbocycles. The van der Waals surface area contributed by atoms with Crippen LogP contribution in [0.3, 0.4) is 0 Å². The Morgan fingerprint density at radius 2 is 1.91 bits per heavy atom. The number of anilines is 1. The van der Waals surface area contributed by atoms with Gasteiger partial charge in [0.25, 0.3) is 0 Å². The van der Waals surface area contributed by atoms with E-state index in [1.807, 2.05) is 39.0 Å². The third-order valence-electron chi connectivity index (χ3n) is 5.66. The first kappa shape index (κ1) is 24.0. The van der Waals surface area contributed by atoms with Crippen LogP contribution in [0.2, 0.25) is 0 Å². The number of aromatic nitrogens is 1. The van der Waals surface area contributed by atoms with Gasteiger partial charge in [0.1, 0.15) is 18.0 Å². The molecule has 0 spiro atoms. The number of pyridine rings is 1. The highest BCUT2D eigenvalue weighted by Gasteiger charge is 2.23. The van der Waals surface area contributed by atoms with Crippen LogP contribution < -0.4 is 20.1 Å². The topological polar surface area (TPSA) is 81.7 Å². The Labute approximate surface area is 191 Å². The van der Waals surface area contributed by atoms with Crippen molar-refractivity contribution in [3.05, 3.63) is 24.4 Å². The fourth-order valence-electron chi connectivity index (χ4n) is 3.92. The Bertz CT molecular complexity index is 912. The number of hydrogen-bond acceptors (Lipinski definition) is 6. The third kappa shape index (κ3) is 6.65. The monoisotopic (exact) mass is 443 g/mol. The molecule has 2 aromatic rings. The molecule has 1 fully saturated rings. The van der Waals surface area contributed by atoms with E-state index in [9.17, 15) is 4.79 Å². The standard InChI is InChI=1S/C13H14N2O2.C12H23NO2/c1-8-7-17-12-6-14-11-4-3-9(16-2)5-10(11)13(12)15-8;1-9-5-7-10(8-6-9)13-11(14)15-12(2,3)4/h3-6,8,15H,7H2,1-2H3;9-10H,5-8H2,1-4H3,(H,13,14). The van der Waals surface area contributed by atoms with Crippen molar-refractivity contribution in [2.75, 3.05) is 19.0 Å². The summed E-state index contributed by atoms with van der Waals surface area (Å²) >= 11 is 0. The van der Waals surface area contributed by atoms with Crippen LogP contribution in [-0.4, -0.2) is 42.5 Å². The summed E-state index contributed by atoms with van der Waals surface area (Å²) in [6, 6.07) is 6.47. The summed E-state index contributed by atoms with van der Waals surface area (Å²) in [5.41, 5.74) is 1.55. The van der Waals surface area contributed by atoms with Crippen LogP contribution in [0, 0.1) is 5.92 Å². The molecule has 4 rings (SSSR count). The molecule has 2 aliphatic rings. The van der Waals surface area contributed by atoms with E-state index in [0.29, 0.717) is 18.7 Å². The zero-order valence-electron chi connectivity index (χ0n) is 20.2. The van der Waals surface area contributed by atoms with E-state index in [2.05, 4.69) is 29.5 Å². The first-order valence-corrected chi connectivity index (χ1v) is 11.5. The van der Waals surface area contributed by atoms with Gasteiger partial charge in [0.2, 0.25) is 0 Å². The van der Waals surface area contributed by atoms with Gasteiger partial charge in [-0.15, -0.1) is 0 Å². The van der Waals surface area contributed by atoms with Crippen molar-refractivity contribution in [2.45, 2.75) is 78.0 Å². The van der Waals surface area contributed by atoms with Gasteiger partial charge < -0.3 is 24.8 Å². The molecule has 176 valence electrons. The first-order valence-electron chi connectivity index (χ1n) is 11.5. The molecule has 1 aliphatic carbocycles. The Kier molecular flexibility index (Phi) is 7.69. The largest absolute Gasteiger partial charge is 0.497 e. The summed E-state index contributed by atoms with van der Waals surface area (Å²) in [4.78, 5) is 15.8. The number of nitrogens with zero attached hydrogens (tertiary/aromatic N) is 1. The highest BCUT2D eigenvalue weighted by atomic mass is 16.6. The molecule has 1 unspecified atom stereocenters. The molecule has 1 aromatic carbocycles. The van der Waals surface area contributed by atoms with E-state index in [1.54, 1.807) is 13.3 Å². The van der Waals surface area contributed by atoms with Crippen molar-refractivity contribution in [3.8, 4) is 11.5 Å². The SMILES string of the molecule is CC1CCC(NC(=O)OC(C)(C)C)CC1.COc1ccc2ncc3c(c2c1)NC(C)CO3. The maximum absolute atomic E-state index is 11.5. The normalized spacial score (nSPS) is 22.4. The van der Waals surface area contributed by atoms with Crippen molar-refractivity contribution < 1.29 is 19.0 Å². The van der Waals surface area contributed by atoms with Crippen LogP contribution >= 0.6 is 0 Å². The maximum atomic E-state index is 11.5. The molecule has 1 aromatic heterocycles. The van der Waals surface area contributed by atoms with Crippen molar-refractivity contribution in [1.82, 2.24) is 10.3 Å². The molecule has 1 atom stereocenters. The Morgan fingerprint density at radius 3 is 2.56 bits per heavy atom. The molecule has 32 heavy (non-hydrogen) atoms. The predicted molar refractivity (Wildman–Crippen MR) is 128 cm³/mol. The van der Waals surface area contributed by atoms with Crippen molar-refractivity contribution in [2.24, 2.45) is 5.92 Å². The van der Waals surface area contributed by atoms with Crippen LogP contribution in [0.15, 0.2) is 24.4 Å². The zero-order valence-corrected chi connectivity index (χ0v) is 20.2. The fourth-order valence-corrected chi connectivity index (χ4v) is 3.92. The second-order valence-corrected chi connectivity index (χ2v) is 9.84. The average molecular weight is 444 g/mol. The lowest BCUT2D eigenvalue weighted by molar-refractivity contribution is 0.0488. The molecule has 1 amide bonds. The Balaban J connectivity index is 0.000000183. The van der Waals surface area contributed by atoms with Gasteiger partial charge in [0.15, 0.2) is 5.75 Å². The molecular weight excluding hydrogens is 406 g/mol. The van der Waals surface area contributed by atoms with Gasteiger partial charge in [-0.05, 0) is 77.5 Å². The van der Waals surface area contributed by atoms with Crippen molar-refractivity contribution in [1.29, 1.82) is 0 Å². The van der Waals surface area contributed by atoms with Gasteiger partial charge in [-0.2, -0.15) is 0 Å². The van der Waals surface area contributed by atoms with Gasteiger partial charge in [-0.3, -0.25) is 4.98 Å². The number of ether oxygens (including phenoxy) is 3. The van der Waals surface area contributed by atoms with Gasteiger partial charge in [0, 0.05) is 11.4 Å². The Morgan fingerprint density at radius 1 is 1.19 bits per heavy atom. The lowest BCUT2D eigenvalue weighted by atomic mass is 9.87. The number of nitrogens with one attached hydrogen (secondary N) is 2. The number of rotatable bonds is 2. The maximum Gasteiger partial charge on any atom is 0.407 e. The van der Waals surface area contributed by atoms with Crippen LogP contribution in [0.5, 0.6) is 11.5 Å². The lowest BCUT2D eigenvalue weighted by Gasteiger charge is -2.28. The van der Waals surface area contributed by atoms with E-state index >= 15 is 0 Å². The highest BCUT2D eigenvalue weighted by molar-refractivity contribution is 5.95. The van der Waals surface area contributed by atoms with Crippen LogP contribution in [0.1, 0.15) is 60.3 Å². The number of carbonyl (C=O) groups excluding carboxylic acids is 1. The molecule has 7 nitrogen and oxygen atoms in total. The van der Waals surface area contributed by atoms with E-state index in [4.69, 9.17) is 14.2 Å². The quantitative estimate of drug-likeness (QED) is 0.635. The van der Waals surface area contributed by atoms with Gasteiger partial charge in [-0.25, -0.2) is 4.79 Å². The second-order valence-electron chi connectivity index (χ2n) is 9.84. The van der Waals surface area contributed by atoms with Crippen LogP contribution in [0.25, 0.3) is 10.9 Å². The van der Waals surface area contributed by atoms with Gasteiger partial charge in [-0.1, -0.05) is 6.92 Å². The molecule has 0 radical (unpaired) electrons. The number of fused-ring (bicyclic) bond motifs is 3. The number of amides is 1. The predicted octanol–water partition coefficient (Wildman–Crippen LogP) is 5.53. The summed E-state index contributed by atoms with van der Waals surface area (Å²) in [5.74, 6) is 2.44. The number of benzene rings is 1. The molecule has 2 heterocycles. The number of alkyl carbamates (subject to hydrolysis) is 1. The summed E-state index contributed by atoms with van der Waals surface area (Å²) in [6.45, 7) is 10.7. The van der Waals surface area contributed by atoms with Crippen LogP contribution in [-0.2, 0) is 4.74 Å². The van der Waals surface area contributed by atoms with Crippen LogP contribution in [0.4, 0.5) is 10.5 Å². The third-order valence-corrected chi connectivity index (χ3v) is 5.66. The minimum absolute atomic E-state index is 0.276. The number of carbonyl (C=O) groups is 1. The average Bonchev–Trinajstić information content (AvgIpc) is 2.74. The van der Waals surface area contributed by atoms with E-state index in [0.717, 1.165) is 46.8 Å². The molecule has 0 saturated heterocycles. The molecule has 0 bridgehead atoms. The van der Waals surface area contributed by atoms with Gasteiger partial charge >= 0.3 is 6.09 Å². The summed E-state index contributed by atoms with van der Waals surface area (Å²) in [7, 11) is 1.66. The minimum atomic E-state index is -0.397. The molecular formula is C25H37N3O4. The number of hydrogen-bond donors (Lipinski definition) is 2. The summed E-state index contributed by atoms with van der Waals surface area (Å²) in [6.07, 6.45) is 6.08. The first-order chi connectivity index (χ1) is 15.1. The van der Waals surface area contributed by atoms with Gasteiger partial charge in [0.05, 0.1) is 30.6 Å². The smallest absolute Gasteiger partial charge is 0.407 e. The lowest BCUT2D eigenvalue weighted by Crippen LogP contribution is -2.40. The van der Waals surface area contributed by atoms with Crippen molar-refractivity contribution >= 4 is 22.7 Å². The van der Waals surface area contributed by atoms with E-state index < -0.39 is 5.60 Å². The molecule has 7 heteroatoms. The zero-order chi connectivity index (χ0) is 23.3. The van der Waals surface area contributed by atoms with Crippen molar-refractivity contribution in [3.63, 3.8) is 0 Å². The summed E-state index contributed by atoms with van der Waals surface area (Å²) < 4.78 is 16.1. The highest BCUT2D eigenvalue weighted by Crippen LogP contribution is 2.36. The Hall–Kier alpha value is -2.70. The summed E-state index contributed by atoms with van der Waals surface area (Å²) in [5, 5.41) is 7.40. The van der Waals surface area contributed by atoms with E-state index in [-0.39, 0.29) is 6.09 Å². The van der Waals surface area contributed by atoms with E-state index in [1.165, 1.54) is 12.8 Å². The molecule has 1 aliphatic heterocycles. The fraction of sp³-hybridized carbons (Fsp3) is 0.600.